The Hall–Kier alpha value is -3.72. The number of Topliss-reactive ketones (excluding diaryl/α,β-unsaturated/α-hetero) is 1. The van der Waals surface area contributed by atoms with Crippen LogP contribution in [-0.4, -0.2) is 10.7 Å². The maximum Gasteiger partial charge on any atom is 0.269 e. The molecular weight excluding hydrogens is 366 g/mol. The van der Waals surface area contributed by atoms with E-state index in [-0.39, 0.29) is 17.4 Å². The number of benzene rings is 2. The van der Waals surface area contributed by atoms with Gasteiger partial charge in [-0.1, -0.05) is 49.0 Å². The van der Waals surface area contributed by atoms with E-state index in [1.807, 2.05) is 30.3 Å². The van der Waals surface area contributed by atoms with Crippen molar-refractivity contribution >= 4 is 11.5 Å². The molecule has 0 spiro atoms. The molecule has 1 heterocycles. The molecule has 6 nitrogen and oxygen atoms in total. The van der Waals surface area contributed by atoms with Gasteiger partial charge >= 0.3 is 0 Å². The Morgan fingerprint density at radius 2 is 1.83 bits per heavy atom. The molecule has 1 N–H and O–H groups in total. The highest BCUT2D eigenvalue weighted by Gasteiger charge is 2.42. The number of ketones is 1. The van der Waals surface area contributed by atoms with Crippen molar-refractivity contribution < 1.29 is 9.72 Å². The van der Waals surface area contributed by atoms with E-state index in [0.717, 1.165) is 11.3 Å². The highest BCUT2D eigenvalue weighted by molar-refractivity contribution is 5.99. The molecule has 3 atom stereocenters. The lowest BCUT2D eigenvalue weighted by Gasteiger charge is -2.38. The van der Waals surface area contributed by atoms with Gasteiger partial charge in [-0.15, -0.1) is 0 Å². The summed E-state index contributed by atoms with van der Waals surface area (Å²) in [5, 5.41) is 24.2. The Bertz CT molecular complexity index is 1080. The number of rotatable bonds is 3. The summed E-state index contributed by atoms with van der Waals surface area (Å²) in [5.41, 5.74) is 3.46. The standard InChI is InChI=1S/C23H19N3O3/c1-14-19(13-24)22(16-8-5-9-18(10-16)26(28)29)23-20(25-14)11-17(12-21(23)27)15-6-3-2-4-7-15/h2-10,17,19,22,25H,1,11-12H2. The summed E-state index contributed by atoms with van der Waals surface area (Å²) in [4.78, 5) is 24.0. The SMILES string of the molecule is C=C1NC2=C(C(=O)CC(c3ccccc3)C2)C(c2cccc([N+](=O)[O-])c2)C1C#N. The molecule has 29 heavy (non-hydrogen) atoms. The van der Waals surface area contributed by atoms with E-state index in [1.54, 1.807) is 12.1 Å². The molecule has 6 heteroatoms. The van der Waals surface area contributed by atoms with Gasteiger partial charge in [-0.2, -0.15) is 5.26 Å². The zero-order valence-corrected chi connectivity index (χ0v) is 15.7. The normalized spacial score (nSPS) is 23.8. The van der Waals surface area contributed by atoms with Gasteiger partial charge < -0.3 is 5.32 Å². The lowest BCUT2D eigenvalue weighted by atomic mass is 9.69. The summed E-state index contributed by atoms with van der Waals surface area (Å²) >= 11 is 0. The van der Waals surface area contributed by atoms with Gasteiger partial charge in [0.1, 0.15) is 0 Å². The zero-order chi connectivity index (χ0) is 20.5. The molecule has 2 aliphatic rings. The summed E-state index contributed by atoms with van der Waals surface area (Å²) in [6.07, 6.45) is 0.980. The van der Waals surface area contributed by atoms with Gasteiger partial charge in [-0.3, -0.25) is 14.9 Å². The van der Waals surface area contributed by atoms with Crippen LogP contribution in [0.5, 0.6) is 0 Å². The molecule has 2 aromatic rings. The van der Waals surface area contributed by atoms with Gasteiger partial charge in [0.15, 0.2) is 5.78 Å². The van der Waals surface area contributed by atoms with E-state index in [4.69, 9.17) is 0 Å². The molecule has 0 aromatic heterocycles. The Labute approximate surface area is 168 Å². The van der Waals surface area contributed by atoms with Crippen LogP contribution in [0, 0.1) is 27.4 Å². The van der Waals surface area contributed by atoms with E-state index in [1.165, 1.54) is 12.1 Å². The number of carbonyl (C=O) groups is 1. The first kappa shape index (κ1) is 18.6. The van der Waals surface area contributed by atoms with Crippen LogP contribution in [0.1, 0.15) is 35.8 Å². The fourth-order valence-corrected chi connectivity index (χ4v) is 4.35. The van der Waals surface area contributed by atoms with Crippen molar-refractivity contribution in [2.24, 2.45) is 5.92 Å². The van der Waals surface area contributed by atoms with E-state index in [2.05, 4.69) is 18.0 Å². The Morgan fingerprint density at radius 1 is 1.10 bits per heavy atom. The summed E-state index contributed by atoms with van der Waals surface area (Å²) in [5.74, 6) is -1.22. The lowest BCUT2D eigenvalue weighted by Crippen LogP contribution is -2.38. The van der Waals surface area contributed by atoms with Crippen LogP contribution in [0.15, 0.2) is 78.1 Å². The largest absolute Gasteiger partial charge is 0.361 e. The minimum atomic E-state index is -0.673. The Kier molecular flexibility index (Phi) is 4.73. The smallest absolute Gasteiger partial charge is 0.269 e. The van der Waals surface area contributed by atoms with E-state index >= 15 is 0 Å². The molecule has 0 bridgehead atoms. The number of nitro benzene ring substituents is 1. The maximum absolute atomic E-state index is 13.2. The molecule has 2 aromatic carbocycles. The molecule has 0 amide bonds. The van der Waals surface area contributed by atoms with Crippen molar-refractivity contribution in [2.45, 2.75) is 24.7 Å². The number of nitriles is 1. The van der Waals surface area contributed by atoms with E-state index < -0.39 is 16.8 Å². The maximum atomic E-state index is 13.2. The topological polar surface area (TPSA) is 96.0 Å². The first-order chi connectivity index (χ1) is 14.0. The molecule has 0 saturated carbocycles. The molecule has 0 saturated heterocycles. The molecule has 1 aliphatic heterocycles. The Balaban J connectivity index is 1.81. The number of non-ortho nitro benzene ring substituents is 1. The second-order valence-corrected chi connectivity index (χ2v) is 7.42. The lowest BCUT2D eigenvalue weighted by molar-refractivity contribution is -0.384. The molecular formula is C23H19N3O3. The van der Waals surface area contributed by atoms with Gasteiger partial charge in [-0.05, 0) is 23.5 Å². The second kappa shape index (κ2) is 7.36. The molecule has 0 radical (unpaired) electrons. The van der Waals surface area contributed by atoms with Crippen LogP contribution in [0.25, 0.3) is 0 Å². The van der Waals surface area contributed by atoms with Gasteiger partial charge in [0, 0.05) is 41.4 Å². The van der Waals surface area contributed by atoms with Gasteiger partial charge in [0.05, 0.1) is 16.9 Å². The predicted molar refractivity (Wildman–Crippen MR) is 108 cm³/mol. The monoisotopic (exact) mass is 385 g/mol. The highest BCUT2D eigenvalue weighted by Crippen LogP contribution is 2.46. The van der Waals surface area contributed by atoms with Crippen LogP contribution < -0.4 is 5.32 Å². The first-order valence-electron chi connectivity index (χ1n) is 9.40. The van der Waals surface area contributed by atoms with Crippen molar-refractivity contribution in [1.82, 2.24) is 5.32 Å². The Morgan fingerprint density at radius 3 is 2.52 bits per heavy atom. The quantitative estimate of drug-likeness (QED) is 0.626. The van der Waals surface area contributed by atoms with Crippen molar-refractivity contribution in [1.29, 1.82) is 5.26 Å². The molecule has 144 valence electrons. The molecule has 1 aliphatic carbocycles. The predicted octanol–water partition coefficient (Wildman–Crippen LogP) is 4.34. The zero-order valence-electron chi connectivity index (χ0n) is 15.7. The van der Waals surface area contributed by atoms with Gasteiger partial charge in [0.25, 0.3) is 5.69 Å². The highest BCUT2D eigenvalue weighted by atomic mass is 16.6. The van der Waals surface area contributed by atoms with Crippen molar-refractivity contribution in [2.75, 3.05) is 0 Å². The molecule has 3 unspecified atom stereocenters. The number of nitrogens with zero attached hydrogens (tertiary/aromatic N) is 2. The van der Waals surface area contributed by atoms with Crippen molar-refractivity contribution in [3.05, 3.63) is 99.4 Å². The molecule has 0 fully saturated rings. The van der Waals surface area contributed by atoms with Crippen molar-refractivity contribution in [3.63, 3.8) is 0 Å². The molecule has 4 rings (SSSR count). The van der Waals surface area contributed by atoms with Crippen LogP contribution in [0.2, 0.25) is 0 Å². The number of nitro groups is 1. The number of nitrogens with one attached hydrogen (secondary N) is 1. The average Bonchev–Trinajstić information content (AvgIpc) is 2.73. The summed E-state index contributed by atoms with van der Waals surface area (Å²) in [6, 6.07) is 18.3. The minimum Gasteiger partial charge on any atom is -0.361 e. The summed E-state index contributed by atoms with van der Waals surface area (Å²) in [7, 11) is 0. The number of hydrogen-bond acceptors (Lipinski definition) is 5. The third kappa shape index (κ3) is 3.32. The van der Waals surface area contributed by atoms with E-state index in [0.29, 0.717) is 29.7 Å². The van der Waals surface area contributed by atoms with Crippen LogP contribution in [0.4, 0.5) is 5.69 Å². The summed E-state index contributed by atoms with van der Waals surface area (Å²) < 4.78 is 0. The van der Waals surface area contributed by atoms with Crippen LogP contribution in [0.3, 0.4) is 0 Å². The van der Waals surface area contributed by atoms with Gasteiger partial charge in [-0.25, -0.2) is 0 Å². The van der Waals surface area contributed by atoms with Crippen LogP contribution in [-0.2, 0) is 4.79 Å². The number of allylic oxidation sites excluding steroid dienone is 3. The van der Waals surface area contributed by atoms with E-state index in [9.17, 15) is 20.2 Å². The number of hydrogen-bond donors (Lipinski definition) is 1. The fourth-order valence-electron chi connectivity index (χ4n) is 4.35. The van der Waals surface area contributed by atoms with Gasteiger partial charge in [0.2, 0.25) is 0 Å². The van der Waals surface area contributed by atoms with Crippen molar-refractivity contribution in [3.8, 4) is 6.07 Å². The number of carbonyl (C=O) groups excluding carboxylic acids is 1. The fraction of sp³-hybridized carbons (Fsp3) is 0.217. The van der Waals surface area contributed by atoms with Crippen LogP contribution >= 0.6 is 0 Å². The minimum absolute atomic E-state index is 0.0307. The second-order valence-electron chi connectivity index (χ2n) is 7.42. The summed E-state index contributed by atoms with van der Waals surface area (Å²) in [6.45, 7) is 4.00. The third-order valence-corrected chi connectivity index (χ3v) is 5.69. The third-order valence-electron chi connectivity index (χ3n) is 5.69. The average molecular weight is 385 g/mol. The first-order valence-corrected chi connectivity index (χ1v) is 9.40.